The van der Waals surface area contributed by atoms with Crippen LogP contribution in [0.15, 0.2) is 12.2 Å². The zero-order valence-corrected chi connectivity index (χ0v) is 12.4. The van der Waals surface area contributed by atoms with Crippen LogP contribution in [0.1, 0.15) is 27.2 Å². The van der Waals surface area contributed by atoms with E-state index in [0.29, 0.717) is 0 Å². The molecule has 0 bridgehead atoms. The summed E-state index contributed by atoms with van der Waals surface area (Å²) in [4.78, 5) is 35.6. The van der Waals surface area contributed by atoms with Gasteiger partial charge in [-0.05, 0) is 6.92 Å². The summed E-state index contributed by atoms with van der Waals surface area (Å²) in [6, 6.07) is 0. The van der Waals surface area contributed by atoms with Crippen LogP contribution >= 0.6 is 0 Å². The van der Waals surface area contributed by atoms with Crippen LogP contribution in [0.2, 0.25) is 0 Å². The number of aliphatic hydroxyl groups is 1. The largest absolute Gasteiger partial charge is 0.396 e. The first kappa shape index (κ1) is 15.7. The van der Waals surface area contributed by atoms with Gasteiger partial charge in [0.25, 0.3) is 11.8 Å². The summed E-state index contributed by atoms with van der Waals surface area (Å²) in [5.74, 6) is -1.11. The predicted octanol–water partition coefficient (Wildman–Crippen LogP) is -0.449. The zero-order valence-electron chi connectivity index (χ0n) is 12.4. The van der Waals surface area contributed by atoms with Gasteiger partial charge in [-0.1, -0.05) is 13.8 Å². The van der Waals surface area contributed by atoms with Gasteiger partial charge in [0.2, 0.25) is 5.91 Å². The summed E-state index contributed by atoms with van der Waals surface area (Å²) >= 11 is 0. The van der Waals surface area contributed by atoms with Gasteiger partial charge in [-0.15, -0.1) is 0 Å². The molecule has 3 amide bonds. The molecule has 1 saturated heterocycles. The van der Waals surface area contributed by atoms with Gasteiger partial charge in [-0.2, -0.15) is 0 Å². The van der Waals surface area contributed by atoms with Crippen LogP contribution in [0.5, 0.6) is 0 Å². The molecule has 7 heteroatoms. The highest BCUT2D eigenvalue weighted by atomic mass is 16.6. The Balaban J connectivity index is 1.81. The number of aliphatic hydroxyl groups excluding tert-OH is 1. The lowest BCUT2D eigenvalue weighted by Crippen LogP contribution is -2.43. The maximum atomic E-state index is 11.9. The fourth-order valence-corrected chi connectivity index (χ4v) is 2.50. The Bertz CT molecular complexity index is 495. The van der Waals surface area contributed by atoms with E-state index in [4.69, 9.17) is 4.74 Å². The maximum absolute atomic E-state index is 11.9. The molecule has 0 radical (unpaired) electrons. The van der Waals surface area contributed by atoms with Gasteiger partial charge < -0.3 is 15.2 Å². The highest BCUT2D eigenvalue weighted by Crippen LogP contribution is 2.45. The van der Waals surface area contributed by atoms with Crippen molar-refractivity contribution in [3.63, 3.8) is 0 Å². The number of carbonyl (C=O) groups is 3. The normalized spacial score (nSPS) is 28.2. The molecular weight excluding hydrogens is 276 g/mol. The monoisotopic (exact) mass is 296 g/mol. The second kappa shape index (κ2) is 5.23. The molecule has 2 aliphatic rings. The van der Waals surface area contributed by atoms with Gasteiger partial charge in [-0.3, -0.25) is 19.3 Å². The van der Waals surface area contributed by atoms with E-state index in [2.05, 4.69) is 5.32 Å². The number of ether oxygens (including phenoxy) is 1. The number of nitrogens with zero attached hydrogens (tertiary/aromatic N) is 1. The highest BCUT2D eigenvalue weighted by Gasteiger charge is 2.60. The molecule has 2 N–H and O–H groups in total. The molecule has 0 aromatic rings. The molecule has 116 valence electrons. The first-order valence-corrected chi connectivity index (χ1v) is 6.83. The molecule has 2 aliphatic heterocycles. The van der Waals surface area contributed by atoms with E-state index >= 15 is 0 Å². The molecule has 2 atom stereocenters. The molecule has 0 spiro atoms. The van der Waals surface area contributed by atoms with Gasteiger partial charge in [0.15, 0.2) is 5.72 Å². The quantitative estimate of drug-likeness (QED) is 0.511. The maximum Gasteiger partial charge on any atom is 0.253 e. The number of rotatable bonds is 6. The fourth-order valence-electron chi connectivity index (χ4n) is 2.50. The van der Waals surface area contributed by atoms with Crippen molar-refractivity contribution in [1.82, 2.24) is 10.2 Å². The van der Waals surface area contributed by atoms with Crippen LogP contribution in [0.4, 0.5) is 0 Å². The van der Waals surface area contributed by atoms with E-state index < -0.39 is 23.0 Å². The van der Waals surface area contributed by atoms with Gasteiger partial charge in [0.1, 0.15) is 6.10 Å². The lowest BCUT2D eigenvalue weighted by molar-refractivity contribution is -0.137. The number of carbonyl (C=O) groups excluding carboxylic acids is 3. The van der Waals surface area contributed by atoms with Crippen LogP contribution < -0.4 is 5.32 Å². The second-order valence-corrected chi connectivity index (χ2v) is 6.21. The van der Waals surface area contributed by atoms with Crippen LogP contribution in [0, 0.1) is 5.41 Å². The summed E-state index contributed by atoms with van der Waals surface area (Å²) < 4.78 is 5.49. The Morgan fingerprint density at radius 1 is 1.43 bits per heavy atom. The minimum atomic E-state index is -0.805. The van der Waals surface area contributed by atoms with E-state index in [1.807, 2.05) is 13.8 Å². The van der Waals surface area contributed by atoms with Crippen molar-refractivity contribution in [3.05, 3.63) is 12.2 Å². The summed E-state index contributed by atoms with van der Waals surface area (Å²) in [5, 5.41) is 12.0. The van der Waals surface area contributed by atoms with Gasteiger partial charge >= 0.3 is 0 Å². The highest BCUT2D eigenvalue weighted by molar-refractivity contribution is 6.13. The Morgan fingerprint density at radius 2 is 2.00 bits per heavy atom. The lowest BCUT2D eigenvalue weighted by atomic mass is 9.87. The zero-order chi connectivity index (χ0) is 15.8. The summed E-state index contributed by atoms with van der Waals surface area (Å²) in [5.41, 5.74) is -1.26. The van der Waals surface area contributed by atoms with Gasteiger partial charge in [0, 0.05) is 30.5 Å². The number of hydrogen-bond acceptors (Lipinski definition) is 5. The van der Waals surface area contributed by atoms with E-state index in [0.717, 1.165) is 4.90 Å². The Labute approximate surface area is 122 Å². The van der Waals surface area contributed by atoms with Crippen LogP contribution in [-0.4, -0.2) is 52.7 Å². The van der Waals surface area contributed by atoms with Crippen LogP contribution in [0.25, 0.3) is 0 Å². The number of imide groups is 1. The molecule has 2 heterocycles. The molecule has 1 fully saturated rings. The molecule has 0 aromatic heterocycles. The molecule has 21 heavy (non-hydrogen) atoms. The van der Waals surface area contributed by atoms with E-state index in [1.165, 1.54) is 12.2 Å². The molecule has 0 aromatic carbocycles. The van der Waals surface area contributed by atoms with E-state index in [9.17, 15) is 19.5 Å². The summed E-state index contributed by atoms with van der Waals surface area (Å²) in [6.07, 6.45) is 2.12. The lowest BCUT2D eigenvalue weighted by Gasteiger charge is -2.21. The minimum absolute atomic E-state index is 0.0182. The third kappa shape index (κ3) is 3.14. The van der Waals surface area contributed by atoms with Gasteiger partial charge in [0.05, 0.1) is 6.61 Å². The van der Waals surface area contributed by atoms with Crippen LogP contribution in [0.3, 0.4) is 0 Å². The Morgan fingerprint density at radius 3 is 2.52 bits per heavy atom. The second-order valence-electron chi connectivity index (χ2n) is 6.21. The number of epoxide rings is 1. The summed E-state index contributed by atoms with van der Waals surface area (Å²) in [7, 11) is 0. The average Bonchev–Trinajstić information content (AvgIpc) is 2.98. The summed E-state index contributed by atoms with van der Waals surface area (Å²) in [6.45, 7) is 5.43. The van der Waals surface area contributed by atoms with E-state index in [-0.39, 0.29) is 31.6 Å². The molecule has 2 rings (SSSR count). The smallest absolute Gasteiger partial charge is 0.253 e. The Hall–Kier alpha value is -1.73. The molecule has 7 nitrogen and oxygen atoms in total. The number of nitrogens with one attached hydrogen (secondary N) is 1. The minimum Gasteiger partial charge on any atom is -0.396 e. The predicted molar refractivity (Wildman–Crippen MR) is 72.8 cm³/mol. The number of hydrogen-bond donors (Lipinski definition) is 2. The SMILES string of the molecule is CC(C)(CO)C1OC1(C)NC(=O)CCN1C(=O)C=CC1=O. The first-order valence-electron chi connectivity index (χ1n) is 6.83. The van der Waals surface area contributed by atoms with Crippen molar-refractivity contribution < 1.29 is 24.2 Å². The van der Waals surface area contributed by atoms with Crippen molar-refractivity contribution in [2.45, 2.75) is 39.0 Å². The first-order chi connectivity index (χ1) is 9.69. The molecule has 0 saturated carbocycles. The average molecular weight is 296 g/mol. The van der Waals surface area contributed by atoms with Crippen LogP contribution in [-0.2, 0) is 19.1 Å². The van der Waals surface area contributed by atoms with Crippen molar-refractivity contribution in [2.75, 3.05) is 13.2 Å². The van der Waals surface area contributed by atoms with Crippen molar-refractivity contribution in [2.24, 2.45) is 5.41 Å². The topological polar surface area (TPSA) is 99.2 Å². The molecular formula is C14H20N2O5. The van der Waals surface area contributed by atoms with E-state index in [1.54, 1.807) is 6.92 Å². The third-order valence-corrected chi connectivity index (χ3v) is 3.77. The van der Waals surface area contributed by atoms with Crippen molar-refractivity contribution in [3.8, 4) is 0 Å². The van der Waals surface area contributed by atoms with Crippen molar-refractivity contribution >= 4 is 17.7 Å². The third-order valence-electron chi connectivity index (χ3n) is 3.77. The number of amides is 3. The van der Waals surface area contributed by atoms with Crippen molar-refractivity contribution in [1.29, 1.82) is 0 Å². The van der Waals surface area contributed by atoms with Gasteiger partial charge in [-0.25, -0.2) is 0 Å². The Kier molecular flexibility index (Phi) is 3.90. The molecule has 2 unspecified atom stereocenters. The fraction of sp³-hybridized carbons (Fsp3) is 0.643. The standard InChI is InChI=1S/C14H20N2O5/c1-13(2,8-17)12-14(3,21-12)15-9(18)6-7-16-10(19)4-5-11(16)20/h4-5,12,17H,6-8H2,1-3H3,(H,15,18). The molecule has 0 aliphatic carbocycles.